The summed E-state index contributed by atoms with van der Waals surface area (Å²) in [5.41, 5.74) is 3.33. The van der Waals surface area contributed by atoms with E-state index in [-0.39, 0.29) is 0 Å². The lowest BCUT2D eigenvalue weighted by molar-refractivity contribution is 0.0100. The number of morpholine rings is 1. The van der Waals surface area contributed by atoms with Gasteiger partial charge in [-0.2, -0.15) is 0 Å². The van der Waals surface area contributed by atoms with Crippen LogP contribution in [0.15, 0.2) is 24.3 Å². The van der Waals surface area contributed by atoms with Crippen molar-refractivity contribution in [2.24, 2.45) is 0 Å². The molecule has 2 rings (SSSR count). The van der Waals surface area contributed by atoms with Gasteiger partial charge in [-0.1, -0.05) is 12.1 Å². The van der Waals surface area contributed by atoms with Crippen LogP contribution in [0.1, 0.15) is 6.92 Å². The minimum Gasteiger partial charge on any atom is -0.490 e. The van der Waals surface area contributed by atoms with Crippen LogP contribution in [0, 0.1) is 0 Å². The summed E-state index contributed by atoms with van der Waals surface area (Å²) in [4.78, 5) is 0. The SMILES string of the molecule is CCOc1ccccc1OCCNN1CCOCC1. The molecule has 0 amide bonds. The van der Waals surface area contributed by atoms with E-state index in [0.29, 0.717) is 13.2 Å². The zero-order chi connectivity index (χ0) is 13.3. The Bertz CT molecular complexity index is 367. The molecule has 1 aromatic rings. The zero-order valence-electron chi connectivity index (χ0n) is 11.4. The van der Waals surface area contributed by atoms with Crippen molar-refractivity contribution in [3.8, 4) is 11.5 Å². The van der Waals surface area contributed by atoms with Gasteiger partial charge in [0.2, 0.25) is 0 Å². The maximum Gasteiger partial charge on any atom is 0.161 e. The standard InChI is InChI=1S/C14H22N2O3/c1-2-18-13-5-3-4-6-14(13)19-10-7-15-16-8-11-17-12-9-16/h3-6,15H,2,7-12H2,1H3. The second-order valence-corrected chi connectivity index (χ2v) is 4.24. The molecular weight excluding hydrogens is 244 g/mol. The van der Waals surface area contributed by atoms with Gasteiger partial charge < -0.3 is 14.2 Å². The smallest absolute Gasteiger partial charge is 0.161 e. The summed E-state index contributed by atoms with van der Waals surface area (Å²) in [6, 6.07) is 7.76. The quantitative estimate of drug-likeness (QED) is 0.754. The molecule has 1 N–H and O–H groups in total. The Morgan fingerprint density at radius 1 is 1.16 bits per heavy atom. The molecule has 0 radical (unpaired) electrons. The van der Waals surface area contributed by atoms with E-state index in [2.05, 4.69) is 10.4 Å². The number of nitrogens with one attached hydrogen (secondary N) is 1. The van der Waals surface area contributed by atoms with Crippen LogP contribution in [0.4, 0.5) is 0 Å². The van der Waals surface area contributed by atoms with Crippen LogP contribution in [0.25, 0.3) is 0 Å². The Morgan fingerprint density at radius 3 is 2.53 bits per heavy atom. The monoisotopic (exact) mass is 266 g/mol. The van der Waals surface area contributed by atoms with Crippen LogP contribution in [-0.2, 0) is 4.74 Å². The van der Waals surface area contributed by atoms with E-state index in [1.807, 2.05) is 31.2 Å². The van der Waals surface area contributed by atoms with Gasteiger partial charge in [0.15, 0.2) is 11.5 Å². The summed E-state index contributed by atoms with van der Waals surface area (Å²) in [6.07, 6.45) is 0. The van der Waals surface area contributed by atoms with Gasteiger partial charge in [0.25, 0.3) is 0 Å². The first-order valence-electron chi connectivity index (χ1n) is 6.81. The van der Waals surface area contributed by atoms with Crippen molar-refractivity contribution >= 4 is 0 Å². The van der Waals surface area contributed by atoms with E-state index in [4.69, 9.17) is 14.2 Å². The predicted molar refractivity (Wildman–Crippen MR) is 73.5 cm³/mol. The second-order valence-electron chi connectivity index (χ2n) is 4.24. The van der Waals surface area contributed by atoms with Crippen LogP contribution in [0.2, 0.25) is 0 Å². The summed E-state index contributed by atoms with van der Waals surface area (Å²) in [7, 11) is 0. The molecule has 1 saturated heterocycles. The third-order valence-corrected chi connectivity index (χ3v) is 2.86. The first kappa shape index (κ1) is 14.1. The Kier molecular flexibility index (Phi) is 5.94. The van der Waals surface area contributed by atoms with Gasteiger partial charge in [0, 0.05) is 19.6 Å². The summed E-state index contributed by atoms with van der Waals surface area (Å²) < 4.78 is 16.5. The molecule has 0 atom stereocenters. The van der Waals surface area contributed by atoms with E-state index in [1.165, 1.54) is 0 Å². The molecule has 1 aromatic carbocycles. The second kappa shape index (κ2) is 7.99. The maximum atomic E-state index is 5.74. The van der Waals surface area contributed by atoms with Crippen molar-refractivity contribution in [1.29, 1.82) is 0 Å². The molecule has 0 unspecified atom stereocenters. The Morgan fingerprint density at radius 2 is 1.84 bits per heavy atom. The van der Waals surface area contributed by atoms with Gasteiger partial charge in [-0.05, 0) is 19.1 Å². The van der Waals surface area contributed by atoms with Gasteiger partial charge in [-0.3, -0.25) is 5.43 Å². The molecular formula is C14H22N2O3. The lowest BCUT2D eigenvalue weighted by Gasteiger charge is -2.27. The molecule has 0 bridgehead atoms. The Hall–Kier alpha value is -1.30. The number of hydrogen-bond donors (Lipinski definition) is 1. The molecule has 1 aliphatic rings. The minimum atomic E-state index is 0.613. The average Bonchev–Trinajstić information content (AvgIpc) is 2.47. The number of hydrazine groups is 1. The number of hydrogen-bond acceptors (Lipinski definition) is 5. The van der Waals surface area contributed by atoms with Crippen LogP contribution in [0.3, 0.4) is 0 Å². The van der Waals surface area contributed by atoms with Crippen LogP contribution in [-0.4, -0.2) is 51.1 Å². The summed E-state index contributed by atoms with van der Waals surface area (Å²) >= 11 is 0. The van der Waals surface area contributed by atoms with Crippen molar-refractivity contribution < 1.29 is 14.2 Å². The third kappa shape index (κ3) is 4.70. The number of ether oxygens (including phenoxy) is 3. The average molecular weight is 266 g/mol. The minimum absolute atomic E-state index is 0.613. The van der Waals surface area contributed by atoms with Gasteiger partial charge in [0.1, 0.15) is 6.61 Å². The fourth-order valence-corrected chi connectivity index (χ4v) is 1.93. The largest absolute Gasteiger partial charge is 0.490 e. The number of rotatable bonds is 7. The number of benzene rings is 1. The van der Waals surface area contributed by atoms with E-state index in [0.717, 1.165) is 44.3 Å². The van der Waals surface area contributed by atoms with Gasteiger partial charge >= 0.3 is 0 Å². The van der Waals surface area contributed by atoms with Crippen molar-refractivity contribution in [2.45, 2.75) is 6.92 Å². The van der Waals surface area contributed by atoms with E-state index < -0.39 is 0 Å². The first-order chi connectivity index (χ1) is 9.40. The lowest BCUT2D eigenvalue weighted by Crippen LogP contribution is -2.46. The highest BCUT2D eigenvalue weighted by Gasteiger charge is 2.09. The molecule has 106 valence electrons. The number of nitrogens with zero attached hydrogens (tertiary/aromatic N) is 1. The molecule has 0 saturated carbocycles. The van der Waals surface area contributed by atoms with E-state index in [9.17, 15) is 0 Å². The van der Waals surface area contributed by atoms with Gasteiger partial charge in [0.05, 0.1) is 19.8 Å². The van der Waals surface area contributed by atoms with Crippen molar-refractivity contribution in [3.05, 3.63) is 24.3 Å². The molecule has 1 heterocycles. The van der Waals surface area contributed by atoms with E-state index >= 15 is 0 Å². The number of para-hydroxylation sites is 2. The molecule has 0 aromatic heterocycles. The van der Waals surface area contributed by atoms with Gasteiger partial charge in [-0.15, -0.1) is 0 Å². The molecule has 5 heteroatoms. The highest BCUT2D eigenvalue weighted by molar-refractivity contribution is 5.39. The van der Waals surface area contributed by atoms with Crippen molar-refractivity contribution in [3.63, 3.8) is 0 Å². The molecule has 19 heavy (non-hydrogen) atoms. The highest BCUT2D eigenvalue weighted by Crippen LogP contribution is 2.25. The third-order valence-electron chi connectivity index (χ3n) is 2.86. The molecule has 5 nitrogen and oxygen atoms in total. The van der Waals surface area contributed by atoms with Crippen molar-refractivity contribution in [2.75, 3.05) is 46.1 Å². The normalized spacial score (nSPS) is 16.3. The molecule has 0 aliphatic carbocycles. The Labute approximate surface area is 114 Å². The predicted octanol–water partition coefficient (Wildman–Crippen LogP) is 1.30. The molecule has 1 fully saturated rings. The van der Waals surface area contributed by atoms with Gasteiger partial charge in [-0.25, -0.2) is 5.01 Å². The lowest BCUT2D eigenvalue weighted by atomic mass is 10.3. The van der Waals surface area contributed by atoms with Crippen LogP contribution >= 0.6 is 0 Å². The van der Waals surface area contributed by atoms with Crippen molar-refractivity contribution in [1.82, 2.24) is 10.4 Å². The summed E-state index contributed by atoms with van der Waals surface area (Å²) in [6.45, 7) is 7.44. The highest BCUT2D eigenvalue weighted by atomic mass is 16.5. The van der Waals surface area contributed by atoms with Crippen LogP contribution in [0.5, 0.6) is 11.5 Å². The Balaban J connectivity index is 1.70. The summed E-state index contributed by atoms with van der Waals surface area (Å²) in [5.74, 6) is 1.60. The molecule has 0 spiro atoms. The molecule has 1 aliphatic heterocycles. The van der Waals surface area contributed by atoms with E-state index in [1.54, 1.807) is 0 Å². The summed E-state index contributed by atoms with van der Waals surface area (Å²) in [5, 5.41) is 2.17. The topological polar surface area (TPSA) is 43.0 Å². The van der Waals surface area contributed by atoms with Crippen LogP contribution < -0.4 is 14.9 Å². The maximum absolute atomic E-state index is 5.74. The fourth-order valence-electron chi connectivity index (χ4n) is 1.93. The first-order valence-corrected chi connectivity index (χ1v) is 6.81. The fraction of sp³-hybridized carbons (Fsp3) is 0.571. The zero-order valence-corrected chi connectivity index (χ0v) is 11.4.